The van der Waals surface area contributed by atoms with Crippen molar-refractivity contribution in [3.63, 3.8) is 0 Å². The van der Waals surface area contributed by atoms with E-state index in [-0.39, 0.29) is 6.61 Å². The Morgan fingerprint density at radius 3 is 1.26 bits per heavy atom. The lowest BCUT2D eigenvalue weighted by molar-refractivity contribution is -0.189. The van der Waals surface area contributed by atoms with Crippen LogP contribution in [-0.2, 0) is 42.8 Å². The number of carbonyl (C=O) groups is 3. The third-order valence-corrected chi connectivity index (χ3v) is 6.57. The first-order valence-electron chi connectivity index (χ1n) is 13.7. The molecule has 0 aromatic heterocycles. The van der Waals surface area contributed by atoms with E-state index in [4.69, 9.17) is 28.4 Å². The molecule has 0 heterocycles. The fourth-order valence-corrected chi connectivity index (χ4v) is 4.47. The van der Waals surface area contributed by atoms with Gasteiger partial charge in [-0.15, -0.1) is 0 Å². The molecule has 9 heteroatoms. The number of benzene rings is 3. The maximum Gasteiger partial charge on any atom is 0.340 e. The highest BCUT2D eigenvalue weighted by molar-refractivity contribution is 5.78. The van der Waals surface area contributed by atoms with Gasteiger partial charge in [-0.25, -0.2) is 14.4 Å². The summed E-state index contributed by atoms with van der Waals surface area (Å²) < 4.78 is 33.6. The second-order valence-corrected chi connectivity index (χ2v) is 9.45. The van der Waals surface area contributed by atoms with E-state index in [0.717, 1.165) is 0 Å². The Bertz CT molecular complexity index is 1230. The SMILES string of the molecule is CCC[C@@H](OC(=O)[C@@H](OC)c1ccccc1)[C@@H](COC(=O)[C@@H](OC)c1ccccc1)OC(=O)[C@@H](OC)c1ccccc1. The number of ether oxygens (including phenoxy) is 6. The molecule has 0 N–H and O–H groups in total. The molecule has 3 aromatic carbocycles. The first-order chi connectivity index (χ1) is 20.4. The standard InChI is InChI=1S/C33H38O9/c1-5-15-26(41-32(35)29(38-3)24-18-11-7-12-19-24)27(42-33(36)30(39-4)25-20-13-8-14-21-25)22-40-31(34)28(37-2)23-16-9-6-10-17-23/h6-14,16-21,26-30H,5,15,22H2,1-4H3/t26-,27-,28+,29+,30+/m1/s1. The van der Waals surface area contributed by atoms with E-state index in [1.807, 2.05) is 25.1 Å². The largest absolute Gasteiger partial charge is 0.459 e. The lowest BCUT2D eigenvalue weighted by atomic mass is 10.1. The average molecular weight is 579 g/mol. The summed E-state index contributed by atoms with van der Waals surface area (Å²) in [5.41, 5.74) is 1.79. The molecule has 0 aliphatic rings. The molecule has 0 saturated heterocycles. The van der Waals surface area contributed by atoms with Crippen LogP contribution in [0, 0.1) is 0 Å². The molecule has 0 unspecified atom stereocenters. The van der Waals surface area contributed by atoms with Crippen LogP contribution in [0.2, 0.25) is 0 Å². The zero-order valence-electron chi connectivity index (χ0n) is 24.3. The molecule has 3 aromatic rings. The number of hydrogen-bond acceptors (Lipinski definition) is 9. The number of methoxy groups -OCH3 is 3. The van der Waals surface area contributed by atoms with E-state index in [1.54, 1.807) is 72.8 Å². The minimum atomic E-state index is -1.15. The van der Waals surface area contributed by atoms with Crippen molar-refractivity contribution < 1.29 is 42.8 Å². The minimum Gasteiger partial charge on any atom is -0.459 e. The van der Waals surface area contributed by atoms with Crippen LogP contribution in [0.1, 0.15) is 54.8 Å². The fourth-order valence-electron chi connectivity index (χ4n) is 4.47. The van der Waals surface area contributed by atoms with Crippen LogP contribution < -0.4 is 0 Å². The summed E-state index contributed by atoms with van der Waals surface area (Å²) in [4.78, 5) is 39.7. The summed E-state index contributed by atoms with van der Waals surface area (Å²) in [6, 6.07) is 26.6. The van der Waals surface area contributed by atoms with Gasteiger partial charge in [0.15, 0.2) is 24.4 Å². The number of hydrogen-bond donors (Lipinski definition) is 0. The summed E-state index contributed by atoms with van der Waals surface area (Å²) in [5.74, 6) is -2.07. The average Bonchev–Trinajstić information content (AvgIpc) is 3.02. The third kappa shape index (κ3) is 8.97. The summed E-state index contributed by atoms with van der Waals surface area (Å²) in [5, 5.41) is 0. The Balaban J connectivity index is 1.85. The number of carbonyl (C=O) groups excluding carboxylic acids is 3. The molecule has 0 fully saturated rings. The fraction of sp³-hybridized carbons (Fsp3) is 0.364. The lowest BCUT2D eigenvalue weighted by Crippen LogP contribution is -2.41. The molecule has 5 atom stereocenters. The van der Waals surface area contributed by atoms with Crippen molar-refractivity contribution in [2.24, 2.45) is 0 Å². The Morgan fingerprint density at radius 2 is 0.905 bits per heavy atom. The molecule has 0 saturated carbocycles. The Kier molecular flexibility index (Phi) is 13.2. The Labute approximate surface area is 246 Å². The van der Waals surface area contributed by atoms with Gasteiger partial charge in [-0.1, -0.05) is 104 Å². The highest BCUT2D eigenvalue weighted by Crippen LogP contribution is 2.25. The van der Waals surface area contributed by atoms with E-state index < -0.39 is 48.4 Å². The maximum absolute atomic E-state index is 13.4. The second-order valence-electron chi connectivity index (χ2n) is 9.45. The molecule has 0 spiro atoms. The van der Waals surface area contributed by atoms with Crippen LogP contribution in [-0.4, -0.2) is 58.1 Å². The molecular formula is C33H38O9. The van der Waals surface area contributed by atoms with E-state index >= 15 is 0 Å². The smallest absolute Gasteiger partial charge is 0.340 e. The molecule has 0 aliphatic carbocycles. The molecule has 0 amide bonds. The minimum absolute atomic E-state index is 0.321. The van der Waals surface area contributed by atoms with Gasteiger partial charge in [0.1, 0.15) is 12.7 Å². The van der Waals surface area contributed by atoms with Gasteiger partial charge in [-0.05, 0) is 23.1 Å². The van der Waals surface area contributed by atoms with Crippen molar-refractivity contribution in [2.75, 3.05) is 27.9 Å². The number of esters is 3. The van der Waals surface area contributed by atoms with E-state index in [1.165, 1.54) is 21.3 Å². The summed E-state index contributed by atoms with van der Waals surface area (Å²) >= 11 is 0. The molecule has 0 bridgehead atoms. The topological polar surface area (TPSA) is 107 Å². The lowest BCUT2D eigenvalue weighted by Gasteiger charge is -2.29. The van der Waals surface area contributed by atoms with Gasteiger partial charge in [-0.2, -0.15) is 0 Å². The molecule has 0 radical (unpaired) electrons. The highest BCUT2D eigenvalue weighted by atomic mass is 16.6. The molecular weight excluding hydrogens is 540 g/mol. The molecule has 9 nitrogen and oxygen atoms in total. The van der Waals surface area contributed by atoms with Crippen molar-refractivity contribution in [1.29, 1.82) is 0 Å². The Hall–Kier alpha value is -4.05. The van der Waals surface area contributed by atoms with Crippen molar-refractivity contribution in [2.45, 2.75) is 50.3 Å². The normalized spacial score (nSPS) is 14.6. The van der Waals surface area contributed by atoms with E-state index in [2.05, 4.69) is 0 Å². The summed E-state index contributed by atoms with van der Waals surface area (Å²) in [7, 11) is 4.20. The van der Waals surface area contributed by atoms with Crippen molar-refractivity contribution in [1.82, 2.24) is 0 Å². The van der Waals surface area contributed by atoms with Gasteiger partial charge >= 0.3 is 17.9 Å². The van der Waals surface area contributed by atoms with Crippen LogP contribution in [0.4, 0.5) is 0 Å². The van der Waals surface area contributed by atoms with E-state index in [9.17, 15) is 14.4 Å². The highest BCUT2D eigenvalue weighted by Gasteiger charge is 2.35. The third-order valence-electron chi connectivity index (χ3n) is 6.57. The molecule has 3 rings (SSSR count). The van der Waals surface area contributed by atoms with Crippen molar-refractivity contribution >= 4 is 17.9 Å². The van der Waals surface area contributed by atoms with E-state index in [0.29, 0.717) is 29.5 Å². The van der Waals surface area contributed by atoms with Crippen LogP contribution >= 0.6 is 0 Å². The second kappa shape index (κ2) is 17.0. The van der Waals surface area contributed by atoms with Gasteiger partial charge in [0.05, 0.1) is 0 Å². The summed E-state index contributed by atoms with van der Waals surface area (Å²) in [6.07, 6.45) is -4.24. The monoisotopic (exact) mass is 578 g/mol. The van der Waals surface area contributed by atoms with Gasteiger partial charge in [0, 0.05) is 21.3 Å². The van der Waals surface area contributed by atoms with Gasteiger partial charge < -0.3 is 28.4 Å². The molecule has 224 valence electrons. The van der Waals surface area contributed by atoms with Crippen LogP contribution in [0.5, 0.6) is 0 Å². The quantitative estimate of drug-likeness (QED) is 0.165. The van der Waals surface area contributed by atoms with Crippen molar-refractivity contribution in [3.8, 4) is 0 Å². The zero-order chi connectivity index (χ0) is 30.3. The molecule has 0 aliphatic heterocycles. The predicted molar refractivity (Wildman–Crippen MR) is 154 cm³/mol. The van der Waals surface area contributed by atoms with Gasteiger partial charge in [-0.3, -0.25) is 0 Å². The maximum atomic E-state index is 13.4. The molecule has 42 heavy (non-hydrogen) atoms. The zero-order valence-corrected chi connectivity index (χ0v) is 24.3. The first kappa shape index (κ1) is 32.5. The Morgan fingerprint density at radius 1 is 0.548 bits per heavy atom. The first-order valence-corrected chi connectivity index (χ1v) is 13.7. The number of rotatable bonds is 16. The summed E-state index contributed by atoms with van der Waals surface area (Å²) in [6.45, 7) is 1.51. The van der Waals surface area contributed by atoms with Crippen LogP contribution in [0.15, 0.2) is 91.0 Å². The van der Waals surface area contributed by atoms with Crippen LogP contribution in [0.3, 0.4) is 0 Å². The van der Waals surface area contributed by atoms with Crippen molar-refractivity contribution in [3.05, 3.63) is 108 Å². The van der Waals surface area contributed by atoms with Gasteiger partial charge in [0.2, 0.25) is 0 Å². The van der Waals surface area contributed by atoms with Crippen LogP contribution in [0.25, 0.3) is 0 Å². The van der Waals surface area contributed by atoms with Gasteiger partial charge in [0.25, 0.3) is 0 Å². The predicted octanol–water partition coefficient (Wildman–Crippen LogP) is 5.32.